The lowest BCUT2D eigenvalue weighted by molar-refractivity contribution is -0.731. The van der Waals surface area contributed by atoms with E-state index in [1.54, 1.807) is 0 Å². The maximum absolute atomic E-state index is 12.6. The number of aromatic nitrogens is 3. The summed E-state index contributed by atoms with van der Waals surface area (Å²) >= 11 is 0. The number of unbranched alkanes of at least 4 members (excludes halogenated alkanes) is 1. The molecule has 0 amide bonds. The largest absolute Gasteiger partial charge is 0.509 e. The van der Waals surface area contributed by atoms with Gasteiger partial charge in [-0.25, -0.2) is 30.5 Å². The number of imidazole rings is 1. The number of alkyl halides is 6. The fourth-order valence-corrected chi connectivity index (χ4v) is 4.78. The zero-order chi connectivity index (χ0) is 25.8. The topological polar surface area (TPSA) is 81.0 Å². The summed E-state index contributed by atoms with van der Waals surface area (Å²) in [6, 6.07) is 4.30. The van der Waals surface area contributed by atoms with Gasteiger partial charge in [0.1, 0.15) is 6.54 Å². The van der Waals surface area contributed by atoms with Crippen LogP contribution < -0.4 is 9.13 Å². The first kappa shape index (κ1) is 28.9. The summed E-state index contributed by atoms with van der Waals surface area (Å²) in [5.74, 6) is 0. The van der Waals surface area contributed by atoms with Crippen LogP contribution in [0.3, 0.4) is 0 Å². The number of hydrogen-bond donors (Lipinski definition) is 0. The predicted molar refractivity (Wildman–Crippen MR) is 104 cm³/mol. The van der Waals surface area contributed by atoms with Crippen LogP contribution in [-0.4, -0.2) is 32.4 Å². The average Bonchev–Trinajstić information content (AvgIpc) is 3.04. The molecule has 0 fully saturated rings. The predicted octanol–water partition coefficient (Wildman–Crippen LogP) is 3.00. The Kier molecular flexibility index (Phi) is 9.10. The van der Waals surface area contributed by atoms with Gasteiger partial charge in [0.15, 0.2) is 18.6 Å². The molecule has 0 N–H and O–H groups in total. The van der Waals surface area contributed by atoms with Gasteiger partial charge in [0.2, 0.25) is 0 Å². The van der Waals surface area contributed by atoms with Crippen LogP contribution in [-0.2, 0) is 39.8 Å². The summed E-state index contributed by atoms with van der Waals surface area (Å²) in [7, 11) is -11.6. The van der Waals surface area contributed by atoms with Crippen LogP contribution in [0, 0.1) is 6.92 Å². The second-order valence-corrected chi connectivity index (χ2v) is 10.7. The molecule has 2 rings (SSSR count). The summed E-state index contributed by atoms with van der Waals surface area (Å²) in [6.07, 6.45) is 7.02. The number of pyridine rings is 1. The first-order chi connectivity index (χ1) is 14.9. The highest BCUT2D eigenvalue weighted by atomic mass is 32.2. The molecular formula is C18H25F6N3O4S2+2. The minimum absolute atomic E-state index is 0.158. The second-order valence-electron chi connectivity index (χ2n) is 6.96. The van der Waals surface area contributed by atoms with Crippen LogP contribution in [0.5, 0.6) is 0 Å². The number of halogens is 6. The standard InChI is InChI=1S/C10H16N.C8H9F6N2O4S2/c1-3-4-7-11-8-5-10(2)6-9-11;1-3-16-4-5(21(17,18)7(9,10)11)15(2)6(16)22(19,20)8(12,13)14/h5-6,8-9H,3-4,7H2,1-2H3;4H,3H2,1-2H3/q2*+1. The molecule has 0 aromatic carbocycles. The van der Waals surface area contributed by atoms with Gasteiger partial charge in [-0.15, -0.1) is 0 Å². The molecule has 2 aromatic rings. The van der Waals surface area contributed by atoms with E-state index in [0.717, 1.165) is 13.5 Å². The van der Waals surface area contributed by atoms with Crippen molar-refractivity contribution >= 4 is 19.7 Å². The van der Waals surface area contributed by atoms with Gasteiger partial charge in [-0.1, -0.05) is 13.3 Å². The summed E-state index contributed by atoms with van der Waals surface area (Å²) in [4.78, 5) is 0. The van der Waals surface area contributed by atoms with E-state index in [4.69, 9.17) is 0 Å². The van der Waals surface area contributed by atoms with Gasteiger partial charge in [0.25, 0.3) is 5.03 Å². The molecule has 15 heteroatoms. The highest BCUT2D eigenvalue weighted by Gasteiger charge is 2.57. The van der Waals surface area contributed by atoms with E-state index in [1.807, 2.05) is 0 Å². The van der Waals surface area contributed by atoms with Gasteiger partial charge in [-0.2, -0.15) is 26.3 Å². The molecule has 0 spiro atoms. The molecule has 0 unspecified atom stereocenters. The monoisotopic (exact) mass is 525 g/mol. The maximum Gasteiger partial charge on any atom is 0.509 e. The molecule has 0 atom stereocenters. The van der Waals surface area contributed by atoms with Crippen molar-refractivity contribution in [1.29, 1.82) is 0 Å². The smallest absolute Gasteiger partial charge is 0.219 e. The van der Waals surface area contributed by atoms with Crippen LogP contribution in [0.4, 0.5) is 26.3 Å². The molecular weight excluding hydrogens is 500 g/mol. The van der Waals surface area contributed by atoms with Crippen molar-refractivity contribution in [3.05, 3.63) is 36.3 Å². The molecule has 0 aliphatic carbocycles. The number of aryl methyl sites for hydroxylation is 3. The first-order valence-corrected chi connectivity index (χ1v) is 12.6. The molecule has 2 heterocycles. The molecule has 0 saturated heterocycles. The summed E-state index contributed by atoms with van der Waals surface area (Å²) in [6.45, 7) is 6.13. The Morgan fingerprint density at radius 1 is 0.909 bits per heavy atom. The lowest BCUT2D eigenvalue weighted by atomic mass is 10.3. The van der Waals surface area contributed by atoms with E-state index < -0.39 is 47.4 Å². The van der Waals surface area contributed by atoms with Crippen LogP contribution >= 0.6 is 0 Å². The van der Waals surface area contributed by atoms with Crippen molar-refractivity contribution in [2.75, 3.05) is 0 Å². The number of hydrogen-bond acceptors (Lipinski definition) is 4. The number of sulfone groups is 2. The third-order valence-electron chi connectivity index (χ3n) is 4.42. The Bertz CT molecular complexity index is 1150. The van der Waals surface area contributed by atoms with Crippen molar-refractivity contribution in [3.8, 4) is 0 Å². The quantitative estimate of drug-likeness (QED) is 0.429. The van der Waals surface area contributed by atoms with Crippen LogP contribution in [0.2, 0.25) is 0 Å². The number of nitrogens with zero attached hydrogens (tertiary/aromatic N) is 3. The summed E-state index contributed by atoms with van der Waals surface area (Å²) < 4.78 is 123. The zero-order valence-corrected chi connectivity index (χ0v) is 19.9. The van der Waals surface area contributed by atoms with Gasteiger partial charge in [-0.3, -0.25) is 0 Å². The summed E-state index contributed by atoms with van der Waals surface area (Å²) in [5, 5.41) is -3.21. The van der Waals surface area contributed by atoms with E-state index in [2.05, 4.69) is 42.9 Å². The second kappa shape index (κ2) is 10.4. The van der Waals surface area contributed by atoms with Gasteiger partial charge < -0.3 is 0 Å². The SMILES string of the molecule is CCCC[n+]1ccc(C)cc1.CC[n+]1cc(S(=O)(=O)C(F)(F)F)n(C)c1S(=O)(=O)C(F)(F)F. The van der Waals surface area contributed by atoms with Crippen molar-refractivity contribution < 1.29 is 52.3 Å². The van der Waals surface area contributed by atoms with E-state index in [0.29, 0.717) is 7.05 Å². The zero-order valence-electron chi connectivity index (χ0n) is 18.3. The molecule has 0 saturated carbocycles. The van der Waals surface area contributed by atoms with Gasteiger partial charge >= 0.3 is 35.8 Å². The Balaban J connectivity index is 0.000000412. The highest BCUT2D eigenvalue weighted by Crippen LogP contribution is 2.33. The molecule has 0 bridgehead atoms. The van der Waals surface area contributed by atoms with Crippen molar-refractivity contribution in [2.24, 2.45) is 7.05 Å². The Morgan fingerprint density at radius 2 is 1.39 bits per heavy atom. The molecule has 0 aliphatic heterocycles. The highest BCUT2D eigenvalue weighted by molar-refractivity contribution is 7.92. The Hall–Kier alpha value is -2.16. The van der Waals surface area contributed by atoms with E-state index in [-0.39, 0.29) is 15.3 Å². The van der Waals surface area contributed by atoms with Crippen molar-refractivity contribution in [3.63, 3.8) is 0 Å². The van der Waals surface area contributed by atoms with Crippen molar-refractivity contribution in [2.45, 2.75) is 67.9 Å². The lowest BCUT2D eigenvalue weighted by Gasteiger charge is -2.07. The fraction of sp³-hybridized carbons (Fsp3) is 0.556. The lowest BCUT2D eigenvalue weighted by Crippen LogP contribution is -2.41. The third-order valence-corrected chi connectivity index (χ3v) is 7.56. The summed E-state index contributed by atoms with van der Waals surface area (Å²) in [5.41, 5.74) is -10.3. The molecule has 188 valence electrons. The molecule has 7 nitrogen and oxygen atoms in total. The first-order valence-electron chi connectivity index (χ1n) is 9.59. The fourth-order valence-electron chi connectivity index (χ4n) is 2.62. The van der Waals surface area contributed by atoms with Gasteiger partial charge in [0, 0.05) is 18.6 Å². The minimum Gasteiger partial charge on any atom is -0.219 e. The van der Waals surface area contributed by atoms with Crippen LogP contribution in [0.25, 0.3) is 0 Å². The average molecular weight is 526 g/mol. The third kappa shape index (κ3) is 6.46. The van der Waals surface area contributed by atoms with Crippen LogP contribution in [0.15, 0.2) is 40.9 Å². The van der Waals surface area contributed by atoms with E-state index in [1.165, 1.54) is 18.4 Å². The van der Waals surface area contributed by atoms with Gasteiger partial charge in [0.05, 0.1) is 13.6 Å². The molecule has 0 radical (unpaired) electrons. The minimum atomic E-state index is -6.04. The van der Waals surface area contributed by atoms with Crippen molar-refractivity contribution in [1.82, 2.24) is 4.57 Å². The normalized spacial score (nSPS) is 12.9. The number of rotatable bonds is 6. The Labute approximate surface area is 188 Å². The molecule has 0 aliphatic rings. The maximum atomic E-state index is 12.6. The molecule has 2 aromatic heterocycles. The van der Waals surface area contributed by atoms with E-state index in [9.17, 15) is 43.2 Å². The van der Waals surface area contributed by atoms with E-state index >= 15 is 0 Å². The molecule has 33 heavy (non-hydrogen) atoms. The Morgan fingerprint density at radius 3 is 1.79 bits per heavy atom. The van der Waals surface area contributed by atoms with Crippen LogP contribution in [0.1, 0.15) is 32.3 Å². The van der Waals surface area contributed by atoms with Gasteiger partial charge in [-0.05, 0) is 19.4 Å².